The van der Waals surface area contributed by atoms with Gasteiger partial charge in [0.2, 0.25) is 0 Å². The molecule has 0 saturated carbocycles. The van der Waals surface area contributed by atoms with Gasteiger partial charge in [-0.2, -0.15) is 0 Å². The van der Waals surface area contributed by atoms with E-state index in [9.17, 15) is 14.4 Å². The molecule has 0 N–H and O–H groups in total. The number of amides is 2. The molecule has 0 radical (unpaired) electrons. The molecule has 0 bridgehead atoms. The van der Waals surface area contributed by atoms with Crippen LogP contribution in [0.15, 0.2) is 53.4 Å². The summed E-state index contributed by atoms with van der Waals surface area (Å²) in [6.45, 7) is 0.0429. The average Bonchev–Trinajstić information content (AvgIpc) is 3.17. The van der Waals surface area contributed by atoms with E-state index < -0.39 is 11.9 Å². The van der Waals surface area contributed by atoms with Crippen LogP contribution >= 0.6 is 35.6 Å². The lowest BCUT2D eigenvalue weighted by Gasteiger charge is -2.17. The number of nitrogens with zero attached hydrogens (tertiary/aromatic N) is 2. The highest BCUT2D eigenvalue weighted by molar-refractivity contribution is 8.26. The molecule has 6 nitrogen and oxygen atoms in total. The van der Waals surface area contributed by atoms with Crippen molar-refractivity contribution in [1.82, 2.24) is 4.90 Å². The number of rotatable bonds is 4. The van der Waals surface area contributed by atoms with Gasteiger partial charge in [0, 0.05) is 10.6 Å². The van der Waals surface area contributed by atoms with Crippen LogP contribution in [-0.4, -0.2) is 40.7 Å². The van der Waals surface area contributed by atoms with Gasteiger partial charge in [-0.15, -0.1) is 0 Å². The van der Waals surface area contributed by atoms with Crippen LogP contribution in [0.3, 0.4) is 0 Å². The van der Waals surface area contributed by atoms with Crippen molar-refractivity contribution in [3.63, 3.8) is 0 Å². The summed E-state index contributed by atoms with van der Waals surface area (Å²) in [5, 5.41) is 0.613. The Balaban J connectivity index is 1.73. The molecule has 2 heterocycles. The zero-order chi connectivity index (χ0) is 21.4. The average molecular weight is 459 g/mol. The molecule has 2 aromatic carbocycles. The summed E-state index contributed by atoms with van der Waals surface area (Å²) < 4.78 is 4.85. The van der Waals surface area contributed by atoms with Crippen LogP contribution in [0.1, 0.15) is 11.1 Å². The molecule has 152 valence electrons. The Hall–Kier alpha value is -2.68. The Kier molecular flexibility index (Phi) is 5.64. The fourth-order valence-electron chi connectivity index (χ4n) is 3.31. The Morgan fingerprint density at radius 2 is 1.77 bits per heavy atom. The van der Waals surface area contributed by atoms with E-state index in [4.69, 9.17) is 23.8 Å². The minimum Gasteiger partial charge on any atom is -0.468 e. The Morgan fingerprint density at radius 3 is 2.47 bits per heavy atom. The Morgan fingerprint density at radius 1 is 1.07 bits per heavy atom. The van der Waals surface area contributed by atoms with E-state index in [2.05, 4.69) is 4.74 Å². The number of benzene rings is 2. The van der Waals surface area contributed by atoms with Gasteiger partial charge >= 0.3 is 5.97 Å². The molecule has 4 rings (SSSR count). The molecule has 2 aromatic rings. The number of halogens is 1. The largest absolute Gasteiger partial charge is 0.468 e. The van der Waals surface area contributed by atoms with E-state index in [0.717, 1.165) is 22.2 Å². The van der Waals surface area contributed by atoms with Crippen LogP contribution in [0, 0.1) is 0 Å². The summed E-state index contributed by atoms with van der Waals surface area (Å²) in [5.41, 5.74) is 2.58. The van der Waals surface area contributed by atoms with Crippen LogP contribution in [0.25, 0.3) is 5.57 Å². The van der Waals surface area contributed by atoms with E-state index in [-0.39, 0.29) is 21.7 Å². The number of thiocarbonyl (C=S) groups is 1. The zero-order valence-electron chi connectivity index (χ0n) is 15.8. The number of carbonyl (C=O) groups is 3. The SMILES string of the molecule is COC(=O)CN1C(=O)C(=C2C(=O)N(Cc3ccc(Cl)cc3)c3ccccc32)SC1=S. The summed E-state index contributed by atoms with van der Waals surface area (Å²) in [5.74, 6) is -1.34. The predicted molar refractivity (Wildman–Crippen MR) is 120 cm³/mol. The van der Waals surface area contributed by atoms with Crippen molar-refractivity contribution in [1.29, 1.82) is 0 Å². The van der Waals surface area contributed by atoms with Crippen molar-refractivity contribution in [3.8, 4) is 0 Å². The summed E-state index contributed by atoms with van der Waals surface area (Å²) in [7, 11) is 1.24. The third-order valence-corrected chi connectivity index (χ3v) is 6.47. The first-order valence-electron chi connectivity index (χ1n) is 8.91. The van der Waals surface area contributed by atoms with E-state index in [1.165, 1.54) is 7.11 Å². The van der Waals surface area contributed by atoms with Crippen molar-refractivity contribution in [2.75, 3.05) is 18.6 Å². The summed E-state index contributed by atoms with van der Waals surface area (Å²) >= 11 is 12.3. The number of ether oxygens (including phenoxy) is 1. The van der Waals surface area contributed by atoms with Gasteiger partial charge < -0.3 is 9.64 Å². The monoisotopic (exact) mass is 458 g/mol. The van der Waals surface area contributed by atoms with Crippen LogP contribution in [0.5, 0.6) is 0 Å². The van der Waals surface area contributed by atoms with Gasteiger partial charge in [0.05, 0.1) is 29.8 Å². The third kappa shape index (κ3) is 3.62. The normalized spacial score (nSPS) is 18.3. The van der Waals surface area contributed by atoms with Crippen molar-refractivity contribution in [2.45, 2.75) is 6.54 Å². The maximum atomic E-state index is 13.4. The fourth-order valence-corrected chi connectivity index (χ4v) is 4.76. The second-order valence-electron chi connectivity index (χ2n) is 6.57. The fraction of sp³-hybridized carbons (Fsp3) is 0.143. The van der Waals surface area contributed by atoms with Crippen LogP contribution < -0.4 is 4.90 Å². The third-order valence-electron chi connectivity index (χ3n) is 4.77. The first kappa shape index (κ1) is 20.6. The first-order chi connectivity index (χ1) is 14.4. The number of fused-ring (bicyclic) bond motifs is 1. The number of anilines is 1. The molecule has 0 spiro atoms. The minimum atomic E-state index is -0.583. The second kappa shape index (κ2) is 8.22. The molecule has 9 heteroatoms. The lowest BCUT2D eigenvalue weighted by molar-refractivity contribution is -0.143. The molecule has 30 heavy (non-hydrogen) atoms. The van der Waals surface area contributed by atoms with Gasteiger partial charge in [-0.25, -0.2) is 0 Å². The molecule has 2 aliphatic heterocycles. The van der Waals surface area contributed by atoms with Crippen LogP contribution in [0.4, 0.5) is 5.69 Å². The van der Waals surface area contributed by atoms with Gasteiger partial charge in [0.25, 0.3) is 11.8 Å². The van der Waals surface area contributed by atoms with Gasteiger partial charge in [-0.1, -0.05) is 65.9 Å². The smallest absolute Gasteiger partial charge is 0.325 e. The van der Waals surface area contributed by atoms with Crippen molar-refractivity contribution in [3.05, 3.63) is 69.6 Å². The standard InChI is InChI=1S/C21H15ClN2O4S2/c1-28-16(25)11-24-20(27)18(30-21(24)29)17-14-4-2-3-5-15(14)23(19(17)26)10-12-6-8-13(22)9-7-12/h2-9H,10-11H2,1H3. The molecular formula is C21H15ClN2O4S2. The number of thioether (sulfide) groups is 1. The predicted octanol–water partition coefficient (Wildman–Crippen LogP) is 3.63. The topological polar surface area (TPSA) is 66.9 Å². The van der Waals surface area contributed by atoms with Crippen molar-refractivity contribution < 1.29 is 19.1 Å². The lowest BCUT2D eigenvalue weighted by atomic mass is 10.1. The molecule has 0 atom stereocenters. The number of hydrogen-bond acceptors (Lipinski definition) is 6. The zero-order valence-corrected chi connectivity index (χ0v) is 18.1. The maximum absolute atomic E-state index is 13.4. The van der Waals surface area contributed by atoms with Crippen LogP contribution in [-0.2, 0) is 25.7 Å². The molecule has 1 saturated heterocycles. The summed E-state index contributed by atoms with van der Waals surface area (Å²) in [6, 6.07) is 14.5. The Bertz CT molecular complexity index is 1110. The van der Waals surface area contributed by atoms with Crippen molar-refractivity contribution in [2.24, 2.45) is 0 Å². The van der Waals surface area contributed by atoms with Gasteiger partial charge in [0.15, 0.2) is 0 Å². The van der Waals surface area contributed by atoms with E-state index >= 15 is 0 Å². The van der Waals surface area contributed by atoms with E-state index in [1.807, 2.05) is 30.3 Å². The second-order valence-corrected chi connectivity index (χ2v) is 8.66. The molecule has 2 amide bonds. The number of carbonyl (C=O) groups excluding carboxylic acids is 3. The molecule has 0 aromatic heterocycles. The first-order valence-corrected chi connectivity index (χ1v) is 10.5. The number of esters is 1. The van der Waals surface area contributed by atoms with Gasteiger partial charge in [0.1, 0.15) is 10.9 Å². The van der Waals surface area contributed by atoms with Crippen LogP contribution in [0.2, 0.25) is 5.02 Å². The highest BCUT2D eigenvalue weighted by Crippen LogP contribution is 2.44. The van der Waals surface area contributed by atoms with Crippen molar-refractivity contribution >= 4 is 68.9 Å². The molecule has 2 aliphatic rings. The van der Waals surface area contributed by atoms with E-state index in [0.29, 0.717) is 28.4 Å². The highest BCUT2D eigenvalue weighted by atomic mass is 35.5. The molecule has 0 aliphatic carbocycles. The molecule has 1 fully saturated rings. The van der Waals surface area contributed by atoms with Gasteiger partial charge in [-0.05, 0) is 23.8 Å². The Labute approximate surface area is 187 Å². The summed E-state index contributed by atoms with van der Waals surface area (Å²) in [6.07, 6.45) is 0. The number of hydrogen-bond donors (Lipinski definition) is 0. The van der Waals surface area contributed by atoms with E-state index in [1.54, 1.807) is 23.1 Å². The molecular weight excluding hydrogens is 444 g/mol. The highest BCUT2D eigenvalue weighted by Gasteiger charge is 2.42. The summed E-state index contributed by atoms with van der Waals surface area (Å²) in [4.78, 5) is 41.0. The van der Waals surface area contributed by atoms with Gasteiger partial charge in [-0.3, -0.25) is 19.3 Å². The number of para-hydroxylation sites is 1. The maximum Gasteiger partial charge on any atom is 0.325 e. The quantitative estimate of drug-likeness (QED) is 0.396. The minimum absolute atomic E-state index is 0.217. The lowest BCUT2D eigenvalue weighted by Crippen LogP contribution is -2.34. The number of methoxy groups -OCH3 is 1. The molecule has 0 unspecified atom stereocenters.